The van der Waals surface area contributed by atoms with E-state index in [1.165, 1.54) is 12.3 Å². The molecule has 0 bridgehead atoms. The van der Waals surface area contributed by atoms with Gasteiger partial charge >= 0.3 is 57.4 Å². The van der Waals surface area contributed by atoms with E-state index in [1.54, 1.807) is 6.92 Å². The van der Waals surface area contributed by atoms with Crippen molar-refractivity contribution in [2.24, 2.45) is 0 Å². The summed E-state index contributed by atoms with van der Waals surface area (Å²) in [7, 11) is 0. The number of carbonyl (C=O) groups is 1. The molecule has 1 rings (SSSR count). The van der Waals surface area contributed by atoms with Crippen molar-refractivity contribution < 1.29 is 61.3 Å². The summed E-state index contributed by atoms with van der Waals surface area (Å²) in [6, 6.07) is 1.85. The minimum atomic E-state index is -0.900. The van der Waals surface area contributed by atoms with Crippen molar-refractivity contribution in [3.05, 3.63) is 47.8 Å². The van der Waals surface area contributed by atoms with Crippen LogP contribution in [-0.4, -0.2) is 16.1 Å². The van der Waals surface area contributed by atoms with Gasteiger partial charge < -0.3 is 24.4 Å². The van der Waals surface area contributed by atoms with Crippen LogP contribution in [-0.2, 0) is 0 Å². The van der Waals surface area contributed by atoms with Gasteiger partial charge in [-0.1, -0.05) is 27.7 Å². The van der Waals surface area contributed by atoms with Crippen molar-refractivity contribution in [3.63, 3.8) is 0 Å². The van der Waals surface area contributed by atoms with Gasteiger partial charge in [-0.3, -0.25) is 4.98 Å². The molecule has 26 heavy (non-hydrogen) atoms. The summed E-state index contributed by atoms with van der Waals surface area (Å²) in [6.45, 7) is 23.6. The van der Waals surface area contributed by atoms with E-state index in [0.717, 1.165) is 17.7 Å². The van der Waals surface area contributed by atoms with Crippen molar-refractivity contribution in [3.8, 4) is 0 Å². The van der Waals surface area contributed by atoms with Crippen LogP contribution in [0.2, 0.25) is 0 Å². The van der Waals surface area contributed by atoms with E-state index in [9.17, 15) is 4.79 Å². The summed E-state index contributed by atoms with van der Waals surface area (Å²) in [5, 5.41) is 8.94. The molecular weight excluding hydrogens is 349 g/mol. The predicted molar refractivity (Wildman–Crippen MR) is 111 cm³/mol. The number of pyridine rings is 1. The van der Waals surface area contributed by atoms with Gasteiger partial charge in [0, 0.05) is 5.69 Å². The number of aromatic nitrogens is 1. The van der Waals surface area contributed by atoms with Gasteiger partial charge in [0.1, 0.15) is 0 Å². The first-order valence-corrected chi connectivity index (χ1v) is 9.07. The molecule has 0 fully saturated rings. The molecule has 0 saturated heterocycles. The molecule has 0 aromatic carbocycles. The third-order valence-corrected chi connectivity index (χ3v) is 2.93. The molecule has 4 heteroatoms. The van der Waals surface area contributed by atoms with E-state index in [1.807, 2.05) is 54.0 Å². The van der Waals surface area contributed by atoms with Crippen LogP contribution in [0.15, 0.2) is 6.07 Å². The number of carboxylic acid groups (broad SMARTS) is 1. The van der Waals surface area contributed by atoms with Crippen LogP contribution in [0.5, 0.6) is 0 Å². The fraction of sp³-hybridized carbons (Fsp3) is 0.591. The smallest absolute Gasteiger partial charge is 0.478 e. The third-order valence-electron chi connectivity index (χ3n) is 2.93. The monoisotopic (exact) mass is 389 g/mol. The second-order valence-corrected chi connectivity index (χ2v) is 6.42. The zero-order valence-corrected chi connectivity index (χ0v) is 22.3. The van der Waals surface area contributed by atoms with Gasteiger partial charge in [0.25, 0.3) is 0 Å². The Morgan fingerprint density at radius 1 is 1.27 bits per heavy atom. The average Bonchev–Trinajstić information content (AvgIpc) is 2.48. The maximum atomic E-state index is 10.9. The zero-order chi connectivity index (χ0) is 20.6. The molecule has 0 radical (unpaired) electrons. The zero-order valence-electron chi connectivity index (χ0n) is 19.2. The molecule has 0 atom stereocenters. The van der Waals surface area contributed by atoms with Gasteiger partial charge in [0.05, 0.1) is 11.3 Å². The molecule has 0 aliphatic heterocycles. The number of carboxylic acids is 1. The summed E-state index contributed by atoms with van der Waals surface area (Å²) in [6.07, 6.45) is 4.22. The molecule has 0 amide bonds. The normalized spacial score (nSPS) is 8.96. The van der Waals surface area contributed by atoms with E-state index < -0.39 is 5.97 Å². The Balaban J connectivity index is -0.000000168. The van der Waals surface area contributed by atoms with Crippen molar-refractivity contribution in [2.45, 2.75) is 88.0 Å². The van der Waals surface area contributed by atoms with Crippen LogP contribution >= 0.6 is 0 Å². The van der Waals surface area contributed by atoms with E-state index in [-0.39, 0.29) is 51.4 Å². The van der Waals surface area contributed by atoms with Crippen molar-refractivity contribution in [1.29, 1.82) is 0 Å². The van der Waals surface area contributed by atoms with Gasteiger partial charge in [0.15, 0.2) is 0 Å². The van der Waals surface area contributed by atoms with E-state index in [4.69, 9.17) is 5.11 Å². The Morgan fingerprint density at radius 2 is 1.62 bits per heavy atom. The van der Waals surface area contributed by atoms with Crippen LogP contribution < -0.4 is 51.4 Å². The van der Waals surface area contributed by atoms with Crippen LogP contribution in [0.1, 0.15) is 101 Å². The van der Waals surface area contributed by atoms with Crippen molar-refractivity contribution in [1.82, 2.24) is 4.98 Å². The van der Waals surface area contributed by atoms with Gasteiger partial charge in [-0.15, -0.1) is 0 Å². The first kappa shape index (κ1) is 33.8. The fourth-order valence-corrected chi connectivity index (χ4v) is 1.48. The summed E-state index contributed by atoms with van der Waals surface area (Å²) in [5.74, 6) is 0.933. The molecule has 0 aliphatic carbocycles. The SMILES string of the molecule is CC[C-](C)C.C[CH-]C.Cc1cc(C(C)C)nc(C)c1C(=O)O.[CH2-]CC.[K+]. The van der Waals surface area contributed by atoms with Crippen molar-refractivity contribution in [2.75, 3.05) is 0 Å². The van der Waals surface area contributed by atoms with Crippen LogP contribution in [0.4, 0.5) is 0 Å². The molecule has 148 valence electrons. The summed E-state index contributed by atoms with van der Waals surface area (Å²) < 4.78 is 0. The Labute approximate surface area is 206 Å². The largest absolute Gasteiger partial charge is 1.00 e. The number of aryl methyl sites for hydroxylation is 2. The second-order valence-electron chi connectivity index (χ2n) is 6.42. The van der Waals surface area contributed by atoms with E-state index in [0.29, 0.717) is 17.2 Å². The molecule has 0 saturated carbocycles. The quantitative estimate of drug-likeness (QED) is 0.628. The summed E-state index contributed by atoms with van der Waals surface area (Å²) in [4.78, 5) is 15.2. The molecule has 0 unspecified atom stereocenters. The van der Waals surface area contributed by atoms with Crippen molar-refractivity contribution >= 4 is 5.97 Å². The van der Waals surface area contributed by atoms with Crippen LogP contribution in [0, 0.1) is 33.1 Å². The number of rotatable bonds is 3. The topological polar surface area (TPSA) is 50.2 Å². The Kier molecular flexibility index (Phi) is 28.0. The van der Waals surface area contributed by atoms with Gasteiger partial charge in [-0.2, -0.15) is 40.5 Å². The molecule has 1 heterocycles. The van der Waals surface area contributed by atoms with Crippen LogP contribution in [0.25, 0.3) is 0 Å². The van der Waals surface area contributed by atoms with E-state index >= 15 is 0 Å². The third kappa shape index (κ3) is 19.0. The Bertz CT molecular complexity index is 432. The first-order valence-electron chi connectivity index (χ1n) is 9.07. The maximum absolute atomic E-state index is 10.9. The predicted octanol–water partition coefficient (Wildman–Crippen LogP) is 4.00. The molecular formula is C22H40KNO2-2. The van der Waals surface area contributed by atoms with Gasteiger partial charge in [0.2, 0.25) is 0 Å². The Hall–Kier alpha value is 0.256. The van der Waals surface area contributed by atoms with E-state index in [2.05, 4.69) is 32.7 Å². The molecule has 0 spiro atoms. The second kappa shape index (κ2) is 21.6. The fourth-order valence-electron chi connectivity index (χ4n) is 1.48. The summed E-state index contributed by atoms with van der Waals surface area (Å²) >= 11 is 0. The number of aromatic carboxylic acids is 1. The summed E-state index contributed by atoms with van der Waals surface area (Å²) in [5.41, 5.74) is 2.66. The molecule has 1 N–H and O–H groups in total. The minimum Gasteiger partial charge on any atom is -0.478 e. The Morgan fingerprint density at radius 3 is 1.81 bits per heavy atom. The minimum absolute atomic E-state index is 0. The maximum Gasteiger partial charge on any atom is 1.00 e. The number of nitrogens with zero attached hydrogens (tertiary/aromatic N) is 1. The van der Waals surface area contributed by atoms with Crippen LogP contribution in [0.3, 0.4) is 0 Å². The van der Waals surface area contributed by atoms with Gasteiger partial charge in [-0.05, 0) is 31.4 Å². The van der Waals surface area contributed by atoms with Gasteiger partial charge in [-0.25, -0.2) is 4.79 Å². The average molecular weight is 390 g/mol. The molecule has 1 aromatic rings. The molecule has 1 aromatic heterocycles. The standard InChI is InChI=1S/C11H15NO2.C5H11.2C3H7.K/c1-6(2)9-5-7(3)10(11(13)14)8(4)12-9;1-4-5(2)3;2*1-3-2;/h5-6H,1-4H3,(H,13,14);4H2,1-3H3;3H,1-2H3;1,3H2,2H3;/q;3*-1;+1. The number of hydrogen-bond acceptors (Lipinski definition) is 2. The first-order chi connectivity index (χ1) is 11.5. The molecule has 3 nitrogen and oxygen atoms in total. The molecule has 0 aliphatic rings. The number of hydrogen-bond donors (Lipinski definition) is 1.